The van der Waals surface area contributed by atoms with E-state index in [1.54, 1.807) is 12.1 Å². The van der Waals surface area contributed by atoms with Crippen LogP contribution in [0.2, 0.25) is 0 Å². The fraction of sp³-hybridized carbons (Fsp3) is 0.429. The van der Waals surface area contributed by atoms with Gasteiger partial charge in [-0.1, -0.05) is 12.1 Å². The quantitative estimate of drug-likeness (QED) is 0.709. The second-order valence-electron chi connectivity index (χ2n) is 4.33. The normalized spacial score (nSPS) is 10.2. The summed E-state index contributed by atoms with van der Waals surface area (Å²) in [6.45, 7) is 0.503. The van der Waals surface area contributed by atoms with E-state index in [1.165, 1.54) is 12.1 Å². The van der Waals surface area contributed by atoms with Crippen molar-refractivity contribution in [1.82, 2.24) is 5.32 Å². The van der Waals surface area contributed by atoms with Crippen LogP contribution in [0, 0.1) is 5.82 Å². The third-order valence-corrected chi connectivity index (χ3v) is 2.69. The minimum atomic E-state index is -0.836. The average molecular weight is 267 g/mol. The SMILES string of the molecule is O=C(O)CCCCC(=O)NCCc1ccc(F)cc1. The number of unbranched alkanes of at least 4 members (excludes halogenated alkanes) is 1. The molecule has 4 nitrogen and oxygen atoms in total. The maximum absolute atomic E-state index is 12.7. The zero-order chi connectivity index (χ0) is 14.1. The number of carboxylic acids is 1. The van der Waals surface area contributed by atoms with Gasteiger partial charge in [-0.25, -0.2) is 4.39 Å². The Morgan fingerprint density at radius 2 is 1.74 bits per heavy atom. The molecular formula is C14H18FNO3. The summed E-state index contributed by atoms with van der Waals surface area (Å²) in [5.41, 5.74) is 0.965. The molecular weight excluding hydrogens is 249 g/mol. The summed E-state index contributed by atoms with van der Waals surface area (Å²) in [6.07, 6.45) is 2.19. The van der Waals surface area contributed by atoms with Gasteiger partial charge in [-0.05, 0) is 37.0 Å². The fourth-order valence-electron chi connectivity index (χ4n) is 1.65. The third-order valence-electron chi connectivity index (χ3n) is 2.69. The van der Waals surface area contributed by atoms with Crippen LogP contribution in [0.3, 0.4) is 0 Å². The first kappa shape index (κ1) is 15.1. The molecule has 1 rings (SSSR count). The molecule has 0 aromatic heterocycles. The molecule has 0 unspecified atom stereocenters. The summed E-state index contributed by atoms with van der Waals surface area (Å²) in [5, 5.41) is 11.2. The molecule has 5 heteroatoms. The van der Waals surface area contributed by atoms with Crippen LogP contribution in [0.15, 0.2) is 24.3 Å². The molecule has 0 saturated heterocycles. The van der Waals surface area contributed by atoms with Crippen molar-refractivity contribution in [2.24, 2.45) is 0 Å². The van der Waals surface area contributed by atoms with Crippen LogP contribution in [0.4, 0.5) is 4.39 Å². The van der Waals surface area contributed by atoms with Crippen LogP contribution in [-0.2, 0) is 16.0 Å². The lowest BCUT2D eigenvalue weighted by molar-refractivity contribution is -0.137. The van der Waals surface area contributed by atoms with E-state index < -0.39 is 5.97 Å². The molecule has 19 heavy (non-hydrogen) atoms. The Kier molecular flexibility index (Phi) is 6.57. The number of benzene rings is 1. The van der Waals surface area contributed by atoms with Gasteiger partial charge < -0.3 is 10.4 Å². The van der Waals surface area contributed by atoms with Crippen molar-refractivity contribution in [2.75, 3.05) is 6.54 Å². The number of carbonyl (C=O) groups excluding carboxylic acids is 1. The number of amides is 1. The van der Waals surface area contributed by atoms with E-state index in [0.29, 0.717) is 32.2 Å². The summed E-state index contributed by atoms with van der Waals surface area (Å²) in [4.78, 5) is 21.7. The first-order valence-corrected chi connectivity index (χ1v) is 6.31. The van der Waals surface area contributed by atoms with Crippen molar-refractivity contribution in [3.63, 3.8) is 0 Å². The Hall–Kier alpha value is -1.91. The molecule has 0 bridgehead atoms. The number of rotatable bonds is 8. The smallest absolute Gasteiger partial charge is 0.303 e. The summed E-state index contributed by atoms with van der Waals surface area (Å²) < 4.78 is 12.7. The van der Waals surface area contributed by atoms with E-state index >= 15 is 0 Å². The van der Waals surface area contributed by atoms with Crippen molar-refractivity contribution >= 4 is 11.9 Å². The van der Waals surface area contributed by atoms with Crippen molar-refractivity contribution in [2.45, 2.75) is 32.1 Å². The number of nitrogens with one attached hydrogen (secondary N) is 1. The van der Waals surface area contributed by atoms with Crippen molar-refractivity contribution in [1.29, 1.82) is 0 Å². The molecule has 1 amide bonds. The highest BCUT2D eigenvalue weighted by Gasteiger charge is 2.02. The molecule has 0 aliphatic heterocycles. The minimum absolute atomic E-state index is 0.0764. The minimum Gasteiger partial charge on any atom is -0.481 e. The van der Waals surface area contributed by atoms with Gasteiger partial charge in [0.15, 0.2) is 0 Å². The lowest BCUT2D eigenvalue weighted by Gasteiger charge is -2.05. The zero-order valence-corrected chi connectivity index (χ0v) is 10.7. The van der Waals surface area contributed by atoms with E-state index in [2.05, 4.69) is 5.32 Å². The van der Waals surface area contributed by atoms with Gasteiger partial charge in [0.2, 0.25) is 5.91 Å². The molecule has 0 spiro atoms. The summed E-state index contributed by atoms with van der Waals surface area (Å²) in [7, 11) is 0. The van der Waals surface area contributed by atoms with Gasteiger partial charge >= 0.3 is 5.97 Å². The van der Waals surface area contributed by atoms with Gasteiger partial charge in [0.1, 0.15) is 5.82 Å². The highest BCUT2D eigenvalue weighted by Crippen LogP contribution is 2.03. The lowest BCUT2D eigenvalue weighted by atomic mass is 10.1. The molecule has 0 fully saturated rings. The van der Waals surface area contributed by atoms with Crippen LogP contribution >= 0.6 is 0 Å². The van der Waals surface area contributed by atoms with Crippen LogP contribution < -0.4 is 5.32 Å². The molecule has 0 atom stereocenters. The summed E-state index contributed by atoms with van der Waals surface area (Å²) in [5.74, 6) is -1.18. The van der Waals surface area contributed by atoms with Gasteiger partial charge in [-0.3, -0.25) is 9.59 Å². The Morgan fingerprint density at radius 3 is 2.37 bits per heavy atom. The lowest BCUT2D eigenvalue weighted by Crippen LogP contribution is -2.25. The third kappa shape index (κ3) is 7.18. The molecule has 1 aromatic rings. The van der Waals surface area contributed by atoms with Gasteiger partial charge in [0.25, 0.3) is 0 Å². The molecule has 0 aliphatic carbocycles. The number of halogens is 1. The maximum atomic E-state index is 12.7. The second kappa shape index (κ2) is 8.24. The number of hydrogen-bond acceptors (Lipinski definition) is 2. The summed E-state index contributed by atoms with van der Waals surface area (Å²) in [6, 6.07) is 6.16. The van der Waals surface area contributed by atoms with Crippen molar-refractivity contribution in [3.05, 3.63) is 35.6 Å². The fourth-order valence-corrected chi connectivity index (χ4v) is 1.65. The Balaban J connectivity index is 2.10. The Morgan fingerprint density at radius 1 is 1.11 bits per heavy atom. The van der Waals surface area contributed by atoms with Crippen LogP contribution in [0.5, 0.6) is 0 Å². The average Bonchev–Trinajstić information content (AvgIpc) is 2.37. The predicted molar refractivity (Wildman–Crippen MR) is 69.2 cm³/mol. The number of carbonyl (C=O) groups is 2. The highest BCUT2D eigenvalue weighted by atomic mass is 19.1. The molecule has 0 heterocycles. The number of aliphatic carboxylic acids is 1. The topological polar surface area (TPSA) is 66.4 Å². The standard InChI is InChI=1S/C14H18FNO3/c15-12-7-5-11(6-8-12)9-10-16-13(17)3-1-2-4-14(18)19/h5-8H,1-4,9-10H2,(H,16,17)(H,18,19). The number of carboxylic acid groups (broad SMARTS) is 1. The first-order valence-electron chi connectivity index (χ1n) is 6.31. The molecule has 1 aromatic carbocycles. The van der Waals surface area contributed by atoms with Crippen LogP contribution in [0.1, 0.15) is 31.2 Å². The largest absolute Gasteiger partial charge is 0.481 e. The molecule has 0 saturated carbocycles. The predicted octanol–water partition coefficient (Wildman–Crippen LogP) is 2.13. The van der Waals surface area contributed by atoms with E-state index in [0.717, 1.165) is 5.56 Å². The molecule has 0 radical (unpaired) electrons. The Labute approximate surface area is 111 Å². The van der Waals surface area contributed by atoms with Gasteiger partial charge in [0, 0.05) is 19.4 Å². The van der Waals surface area contributed by atoms with E-state index in [1.807, 2.05) is 0 Å². The summed E-state index contributed by atoms with van der Waals surface area (Å²) >= 11 is 0. The van der Waals surface area contributed by atoms with Gasteiger partial charge in [-0.15, -0.1) is 0 Å². The zero-order valence-electron chi connectivity index (χ0n) is 10.7. The van der Waals surface area contributed by atoms with Crippen molar-refractivity contribution < 1.29 is 19.1 Å². The first-order chi connectivity index (χ1) is 9.08. The maximum Gasteiger partial charge on any atom is 0.303 e. The van der Waals surface area contributed by atoms with E-state index in [9.17, 15) is 14.0 Å². The van der Waals surface area contributed by atoms with Crippen LogP contribution in [-0.4, -0.2) is 23.5 Å². The van der Waals surface area contributed by atoms with E-state index in [4.69, 9.17) is 5.11 Å². The monoisotopic (exact) mass is 267 g/mol. The molecule has 0 aliphatic rings. The molecule has 104 valence electrons. The van der Waals surface area contributed by atoms with Crippen LogP contribution in [0.25, 0.3) is 0 Å². The van der Waals surface area contributed by atoms with E-state index in [-0.39, 0.29) is 18.1 Å². The second-order valence-corrected chi connectivity index (χ2v) is 4.33. The van der Waals surface area contributed by atoms with Gasteiger partial charge in [0.05, 0.1) is 0 Å². The highest BCUT2D eigenvalue weighted by molar-refractivity contribution is 5.75. The molecule has 2 N–H and O–H groups in total. The Bertz CT molecular complexity index is 417. The van der Waals surface area contributed by atoms with Gasteiger partial charge in [-0.2, -0.15) is 0 Å². The number of hydrogen-bond donors (Lipinski definition) is 2. The van der Waals surface area contributed by atoms with Crippen molar-refractivity contribution in [3.8, 4) is 0 Å².